The third-order valence-corrected chi connectivity index (χ3v) is 11.5. The minimum atomic E-state index is -0.660. The number of rotatable bonds is 8. The van der Waals surface area contributed by atoms with Gasteiger partial charge in [-0.3, -0.25) is 9.80 Å². The second-order valence-corrected chi connectivity index (χ2v) is 16.2. The van der Waals surface area contributed by atoms with Crippen LogP contribution in [0.4, 0.5) is 19.4 Å². The van der Waals surface area contributed by atoms with E-state index in [2.05, 4.69) is 15.7 Å². The van der Waals surface area contributed by atoms with Gasteiger partial charge in [-0.1, -0.05) is 12.0 Å². The van der Waals surface area contributed by atoms with Crippen LogP contribution in [0.2, 0.25) is 0 Å². The predicted molar refractivity (Wildman–Crippen MR) is 209 cm³/mol. The SMILES string of the molecule is C#Cc1c(F)ccc2cc(OCOC)cc(-c3nc4c5c(nc(CCCN6CCOCC6)c(C)c5c3F)N3C[C@H]5CC[C@@H]([C@H]3[C@H](C)O4)N5C(=O)OC(C)(C)C)c12. The number of fused-ring (bicyclic) bond motifs is 6. The first kappa shape index (κ1) is 38.1. The van der Waals surface area contributed by atoms with Crippen LogP contribution >= 0.6 is 0 Å². The summed E-state index contributed by atoms with van der Waals surface area (Å²) in [6.45, 7) is 13.9. The van der Waals surface area contributed by atoms with Gasteiger partial charge < -0.3 is 28.6 Å². The number of aromatic nitrogens is 2. The minimum Gasteiger partial charge on any atom is -0.472 e. The maximum Gasteiger partial charge on any atom is 0.410 e. The van der Waals surface area contributed by atoms with Crippen molar-refractivity contribution in [3.8, 4) is 35.2 Å². The highest BCUT2D eigenvalue weighted by atomic mass is 19.1. The monoisotopic (exact) mass is 769 g/mol. The third kappa shape index (κ3) is 6.75. The summed E-state index contributed by atoms with van der Waals surface area (Å²) < 4.78 is 62.5. The molecule has 8 rings (SSSR count). The lowest BCUT2D eigenvalue weighted by molar-refractivity contribution is 0.000946. The predicted octanol–water partition coefficient (Wildman–Crippen LogP) is 7.00. The molecule has 0 spiro atoms. The lowest BCUT2D eigenvalue weighted by atomic mass is 9.94. The first-order valence-corrected chi connectivity index (χ1v) is 19.5. The Labute approximate surface area is 326 Å². The molecule has 6 heterocycles. The third-order valence-electron chi connectivity index (χ3n) is 11.5. The molecule has 4 atom stereocenters. The molecule has 0 saturated carbocycles. The number of carbonyl (C=O) groups excluding carboxylic acids is 1. The normalized spacial score (nSPS) is 22.1. The molecule has 0 unspecified atom stereocenters. The number of anilines is 1. The van der Waals surface area contributed by atoms with Crippen molar-refractivity contribution in [3.63, 3.8) is 0 Å². The molecule has 296 valence electrons. The first-order chi connectivity index (χ1) is 26.9. The van der Waals surface area contributed by atoms with Gasteiger partial charge in [-0.2, -0.15) is 0 Å². The van der Waals surface area contributed by atoms with Gasteiger partial charge in [-0.25, -0.2) is 23.5 Å². The Hall–Kier alpha value is -4.77. The molecule has 2 aromatic carbocycles. The van der Waals surface area contributed by atoms with Crippen molar-refractivity contribution in [2.45, 2.75) is 90.1 Å². The smallest absolute Gasteiger partial charge is 0.410 e. The van der Waals surface area contributed by atoms with Gasteiger partial charge in [0.15, 0.2) is 12.6 Å². The van der Waals surface area contributed by atoms with Crippen molar-refractivity contribution in [2.75, 3.05) is 58.2 Å². The molecule has 4 aliphatic heterocycles. The molecule has 0 N–H and O–H groups in total. The largest absolute Gasteiger partial charge is 0.472 e. The van der Waals surface area contributed by atoms with Crippen LogP contribution in [0.25, 0.3) is 32.8 Å². The molecule has 4 aromatic rings. The van der Waals surface area contributed by atoms with Crippen LogP contribution in [0.15, 0.2) is 24.3 Å². The fraction of sp³-hybridized carbons (Fsp3) is 0.512. The summed E-state index contributed by atoms with van der Waals surface area (Å²) in [5, 5.41) is 1.69. The molecule has 2 aromatic heterocycles. The number of pyridine rings is 2. The Morgan fingerprint density at radius 3 is 2.61 bits per heavy atom. The summed E-state index contributed by atoms with van der Waals surface area (Å²) in [6, 6.07) is 5.53. The van der Waals surface area contributed by atoms with Gasteiger partial charge in [0, 0.05) is 48.8 Å². The number of halogens is 2. The van der Waals surface area contributed by atoms with Gasteiger partial charge in [-0.15, -0.1) is 6.42 Å². The van der Waals surface area contributed by atoms with E-state index in [0.29, 0.717) is 64.9 Å². The van der Waals surface area contributed by atoms with Crippen LogP contribution in [-0.2, 0) is 20.6 Å². The number of aryl methyl sites for hydroxylation is 2. The van der Waals surface area contributed by atoms with Crippen LogP contribution in [0.3, 0.4) is 0 Å². The van der Waals surface area contributed by atoms with E-state index in [1.54, 1.807) is 18.2 Å². The van der Waals surface area contributed by atoms with Crippen molar-refractivity contribution < 1.29 is 37.3 Å². The number of benzene rings is 2. The van der Waals surface area contributed by atoms with E-state index >= 15 is 8.78 Å². The van der Waals surface area contributed by atoms with E-state index in [9.17, 15) is 4.79 Å². The van der Waals surface area contributed by atoms with Gasteiger partial charge in [0.05, 0.1) is 42.3 Å². The lowest BCUT2D eigenvalue weighted by Crippen LogP contribution is -2.65. The molecular weight excluding hydrogens is 720 g/mol. The number of methoxy groups -OCH3 is 1. The first-order valence-electron chi connectivity index (χ1n) is 19.5. The quantitative estimate of drug-likeness (QED) is 0.138. The standard InChI is InChI=1S/C43H49F2N5O6/c1-8-29-31(44)13-11-26-20-28(54-23-52-7)21-30(35(26)29)38-37(45)34-24(2)32(10-9-15-48-16-18-53-19-17-48)46-40-36(34)41(47-38)55-25(3)39-33-14-12-27(22-49(39)40)50(33)42(51)56-43(4,5)6/h1,11,13,20-21,25,27,33,39H,9-10,12,14-19,22-23H2,2-7H3/t25-,27+,33-,39+/m0/s1. The van der Waals surface area contributed by atoms with E-state index in [0.717, 1.165) is 44.6 Å². The van der Waals surface area contributed by atoms with E-state index in [-0.39, 0.29) is 53.7 Å². The van der Waals surface area contributed by atoms with Crippen molar-refractivity contribution >= 4 is 33.5 Å². The Morgan fingerprint density at radius 1 is 1.09 bits per heavy atom. The zero-order valence-electron chi connectivity index (χ0n) is 32.9. The van der Waals surface area contributed by atoms with E-state index in [1.165, 1.54) is 13.2 Å². The molecule has 4 aliphatic rings. The minimum absolute atomic E-state index is 0.0106. The van der Waals surface area contributed by atoms with E-state index in [1.807, 2.05) is 39.5 Å². The fourth-order valence-corrected chi connectivity index (χ4v) is 9.10. The number of nitrogens with zero attached hydrogens (tertiary/aromatic N) is 5. The highest BCUT2D eigenvalue weighted by Crippen LogP contribution is 2.48. The van der Waals surface area contributed by atoms with Gasteiger partial charge >= 0.3 is 6.09 Å². The lowest BCUT2D eigenvalue weighted by Gasteiger charge is -2.48. The molecule has 13 heteroatoms. The molecule has 0 aliphatic carbocycles. The van der Waals surface area contributed by atoms with E-state index < -0.39 is 23.3 Å². The summed E-state index contributed by atoms with van der Waals surface area (Å²) in [5.74, 6) is 2.45. The summed E-state index contributed by atoms with van der Waals surface area (Å²) >= 11 is 0. The summed E-state index contributed by atoms with van der Waals surface area (Å²) in [7, 11) is 1.50. The number of hydrogen-bond acceptors (Lipinski definition) is 10. The van der Waals surface area contributed by atoms with Crippen LogP contribution in [-0.4, -0.2) is 109 Å². The van der Waals surface area contributed by atoms with Crippen LogP contribution < -0.4 is 14.4 Å². The Bertz CT molecular complexity index is 2230. The molecule has 3 fully saturated rings. The molecule has 3 saturated heterocycles. The van der Waals surface area contributed by atoms with Crippen molar-refractivity contribution in [2.24, 2.45) is 0 Å². The van der Waals surface area contributed by atoms with Crippen molar-refractivity contribution in [1.82, 2.24) is 19.8 Å². The highest BCUT2D eigenvalue weighted by molar-refractivity contribution is 6.06. The van der Waals surface area contributed by atoms with Crippen LogP contribution in [0.5, 0.6) is 11.6 Å². The number of hydrogen-bond donors (Lipinski definition) is 0. The number of morpholine rings is 1. The molecular formula is C43H49F2N5O6. The Morgan fingerprint density at radius 2 is 1.88 bits per heavy atom. The molecule has 0 radical (unpaired) electrons. The average Bonchev–Trinajstić information content (AvgIpc) is 3.42. The zero-order valence-corrected chi connectivity index (χ0v) is 32.9. The number of ether oxygens (including phenoxy) is 5. The number of carbonyl (C=O) groups is 1. The number of terminal acetylenes is 1. The molecule has 2 bridgehead atoms. The maximum atomic E-state index is 17.9. The maximum absolute atomic E-state index is 17.9. The van der Waals surface area contributed by atoms with Gasteiger partial charge in [0.1, 0.15) is 34.8 Å². The fourth-order valence-electron chi connectivity index (χ4n) is 9.10. The van der Waals surface area contributed by atoms with Crippen molar-refractivity contribution in [3.05, 3.63) is 52.7 Å². The second-order valence-electron chi connectivity index (χ2n) is 16.2. The van der Waals surface area contributed by atoms with Crippen molar-refractivity contribution in [1.29, 1.82) is 0 Å². The summed E-state index contributed by atoms with van der Waals surface area (Å²) in [6.07, 6.45) is 8.03. The van der Waals surface area contributed by atoms with Crippen LogP contribution in [0, 0.1) is 30.9 Å². The molecule has 1 amide bonds. The Kier molecular flexibility index (Phi) is 10.2. The van der Waals surface area contributed by atoms with Gasteiger partial charge in [0.2, 0.25) is 5.88 Å². The Balaban J connectivity index is 1.32. The van der Waals surface area contributed by atoms with Gasteiger partial charge in [-0.05, 0) is 96.0 Å². The van der Waals surface area contributed by atoms with Crippen LogP contribution in [0.1, 0.15) is 63.8 Å². The summed E-state index contributed by atoms with van der Waals surface area (Å²) in [4.78, 5) is 30.5. The van der Waals surface area contributed by atoms with E-state index in [4.69, 9.17) is 40.1 Å². The zero-order chi connectivity index (χ0) is 39.5. The summed E-state index contributed by atoms with van der Waals surface area (Å²) in [5.41, 5.74) is 0.992. The number of amides is 1. The second kappa shape index (κ2) is 15.0. The molecule has 56 heavy (non-hydrogen) atoms. The number of piperazine rings is 1. The highest BCUT2D eigenvalue weighted by Gasteiger charge is 2.54. The average molecular weight is 770 g/mol. The van der Waals surface area contributed by atoms with Gasteiger partial charge in [0.25, 0.3) is 0 Å². The molecule has 11 nitrogen and oxygen atoms in total. The topological polar surface area (TPSA) is 98.7 Å².